The van der Waals surface area contributed by atoms with Gasteiger partial charge in [0.15, 0.2) is 21.3 Å². The lowest BCUT2D eigenvalue weighted by molar-refractivity contribution is -0.133. The SMILES string of the molecule is CCOc1cc(C(Nc2cccc(C(N)=O)c2)C(=O)N2CCCC2c2cc(NC(=O)OC)ccc2S(=O)(=O)C(C)C)ccc1OC(C)C. The molecule has 2 atom stereocenters. The van der Waals surface area contributed by atoms with Crippen LogP contribution in [0.4, 0.5) is 16.2 Å². The molecule has 48 heavy (non-hydrogen) atoms. The van der Waals surface area contributed by atoms with E-state index in [9.17, 15) is 22.8 Å². The third kappa shape index (κ3) is 8.19. The molecule has 0 aliphatic carbocycles. The topological polar surface area (TPSA) is 166 Å². The van der Waals surface area contributed by atoms with Crippen molar-refractivity contribution in [3.05, 3.63) is 77.4 Å². The Hall–Kier alpha value is -4.78. The van der Waals surface area contributed by atoms with E-state index in [1.54, 1.807) is 67.3 Å². The molecule has 4 N–H and O–H groups in total. The van der Waals surface area contributed by atoms with E-state index in [0.717, 1.165) is 0 Å². The molecule has 258 valence electrons. The number of nitrogens with one attached hydrogen (secondary N) is 2. The minimum absolute atomic E-state index is 0.0881. The van der Waals surface area contributed by atoms with Crippen molar-refractivity contribution in [3.8, 4) is 11.5 Å². The average molecular weight is 681 g/mol. The summed E-state index contributed by atoms with van der Waals surface area (Å²) in [4.78, 5) is 40.5. The van der Waals surface area contributed by atoms with Gasteiger partial charge < -0.3 is 30.2 Å². The van der Waals surface area contributed by atoms with E-state index in [1.165, 1.54) is 19.2 Å². The molecule has 1 fully saturated rings. The van der Waals surface area contributed by atoms with Crippen LogP contribution in [0.5, 0.6) is 11.5 Å². The van der Waals surface area contributed by atoms with Crippen molar-refractivity contribution in [3.63, 3.8) is 0 Å². The van der Waals surface area contributed by atoms with Crippen molar-refractivity contribution in [1.29, 1.82) is 0 Å². The Balaban J connectivity index is 1.84. The van der Waals surface area contributed by atoms with Crippen LogP contribution in [-0.4, -0.2) is 62.8 Å². The van der Waals surface area contributed by atoms with Crippen LogP contribution in [0.3, 0.4) is 0 Å². The molecule has 3 amide bonds. The van der Waals surface area contributed by atoms with Crippen molar-refractivity contribution in [2.45, 2.75) is 75.8 Å². The molecule has 0 radical (unpaired) electrons. The summed E-state index contributed by atoms with van der Waals surface area (Å²) in [5.41, 5.74) is 7.58. The Morgan fingerprint density at radius 2 is 1.73 bits per heavy atom. The van der Waals surface area contributed by atoms with Gasteiger partial charge in [-0.05, 0) is 107 Å². The maximum atomic E-state index is 14.7. The minimum atomic E-state index is -3.78. The highest BCUT2D eigenvalue weighted by atomic mass is 32.2. The summed E-state index contributed by atoms with van der Waals surface area (Å²) in [5.74, 6) is 0.0320. The molecule has 1 aliphatic heterocycles. The normalized spacial score (nSPS) is 15.2. The Bertz CT molecular complexity index is 1760. The number of likely N-dealkylation sites (tertiary alicyclic amines) is 1. The summed E-state index contributed by atoms with van der Waals surface area (Å²) >= 11 is 0. The number of primary amides is 1. The molecule has 0 spiro atoms. The van der Waals surface area contributed by atoms with Crippen molar-refractivity contribution in [2.75, 3.05) is 30.9 Å². The lowest BCUT2D eigenvalue weighted by Gasteiger charge is -2.32. The maximum absolute atomic E-state index is 14.7. The van der Waals surface area contributed by atoms with Crippen molar-refractivity contribution < 1.29 is 37.0 Å². The van der Waals surface area contributed by atoms with E-state index in [-0.39, 0.29) is 22.5 Å². The molecule has 1 aliphatic rings. The summed E-state index contributed by atoms with van der Waals surface area (Å²) in [6, 6.07) is 14.7. The lowest BCUT2D eigenvalue weighted by atomic mass is 10.0. The fourth-order valence-electron chi connectivity index (χ4n) is 5.63. The lowest BCUT2D eigenvalue weighted by Crippen LogP contribution is -2.38. The Labute approximate surface area is 281 Å². The van der Waals surface area contributed by atoms with Crippen molar-refractivity contribution in [2.24, 2.45) is 5.73 Å². The van der Waals surface area contributed by atoms with Gasteiger partial charge in [-0.3, -0.25) is 14.9 Å². The van der Waals surface area contributed by atoms with Crippen molar-refractivity contribution >= 4 is 39.1 Å². The first kappa shape index (κ1) is 36.1. The predicted molar refractivity (Wildman–Crippen MR) is 183 cm³/mol. The predicted octanol–water partition coefficient (Wildman–Crippen LogP) is 5.85. The molecule has 0 aromatic heterocycles. The molecule has 3 aromatic carbocycles. The number of nitrogens with zero attached hydrogens (tertiary/aromatic N) is 1. The summed E-state index contributed by atoms with van der Waals surface area (Å²) in [6.45, 7) is 9.57. The molecule has 3 aromatic rings. The number of amides is 3. The molecule has 4 rings (SSSR count). The summed E-state index contributed by atoms with van der Waals surface area (Å²) in [7, 11) is -2.55. The summed E-state index contributed by atoms with van der Waals surface area (Å²) < 4.78 is 43.7. The Kier molecular flexibility index (Phi) is 11.6. The molecule has 0 bridgehead atoms. The van der Waals surface area contributed by atoms with E-state index in [0.29, 0.717) is 60.0 Å². The summed E-state index contributed by atoms with van der Waals surface area (Å²) in [5, 5.41) is 5.17. The highest BCUT2D eigenvalue weighted by Gasteiger charge is 2.38. The van der Waals surface area contributed by atoms with Gasteiger partial charge in [0, 0.05) is 23.5 Å². The number of nitrogens with two attached hydrogens (primary N) is 1. The first-order valence-corrected chi connectivity index (χ1v) is 17.4. The molecule has 12 nitrogen and oxygen atoms in total. The van der Waals surface area contributed by atoms with E-state index >= 15 is 0 Å². The number of carbonyl (C=O) groups is 3. The first-order valence-electron chi connectivity index (χ1n) is 15.9. The van der Waals surface area contributed by atoms with Gasteiger partial charge in [-0.2, -0.15) is 0 Å². The van der Waals surface area contributed by atoms with Crippen LogP contribution < -0.4 is 25.8 Å². The molecular formula is C35H44N4O8S. The van der Waals surface area contributed by atoms with Crippen LogP contribution in [0.25, 0.3) is 0 Å². The van der Waals surface area contributed by atoms with Gasteiger partial charge in [0.2, 0.25) is 11.8 Å². The monoisotopic (exact) mass is 680 g/mol. The second kappa shape index (κ2) is 15.4. The standard InChI is InChI=1S/C35H44N4O8S/c1-7-46-30-19-23(13-15-29(30)47-21(2)3)32(37-25-11-8-10-24(18-25)33(36)40)34(41)39-17-9-12-28(39)27-20-26(38-35(42)45-6)14-16-31(27)48(43,44)22(4)5/h8,10-11,13-16,18-22,28,32,37H,7,9,12,17H2,1-6H3,(H2,36,40)(H,38,42). The smallest absolute Gasteiger partial charge is 0.411 e. The van der Waals surface area contributed by atoms with E-state index in [4.69, 9.17) is 19.9 Å². The minimum Gasteiger partial charge on any atom is -0.490 e. The second-order valence-corrected chi connectivity index (χ2v) is 14.5. The first-order chi connectivity index (χ1) is 22.8. The van der Waals surface area contributed by atoms with Gasteiger partial charge in [0.25, 0.3) is 0 Å². The number of hydrogen-bond acceptors (Lipinski definition) is 9. The van der Waals surface area contributed by atoms with Gasteiger partial charge in [0.1, 0.15) is 6.04 Å². The van der Waals surface area contributed by atoms with Gasteiger partial charge >= 0.3 is 6.09 Å². The molecule has 13 heteroatoms. The highest BCUT2D eigenvalue weighted by molar-refractivity contribution is 7.92. The van der Waals surface area contributed by atoms with E-state index < -0.39 is 39.2 Å². The van der Waals surface area contributed by atoms with Crippen LogP contribution in [0, 0.1) is 0 Å². The molecule has 2 unspecified atom stereocenters. The zero-order valence-electron chi connectivity index (χ0n) is 28.1. The van der Waals surface area contributed by atoms with Crippen LogP contribution in [-0.2, 0) is 19.4 Å². The van der Waals surface area contributed by atoms with Crippen LogP contribution >= 0.6 is 0 Å². The number of hydrogen-bond donors (Lipinski definition) is 3. The number of methoxy groups -OCH3 is 1. The zero-order chi connectivity index (χ0) is 35.2. The van der Waals surface area contributed by atoms with E-state index in [1.807, 2.05) is 20.8 Å². The largest absolute Gasteiger partial charge is 0.490 e. The zero-order valence-corrected chi connectivity index (χ0v) is 28.9. The Morgan fingerprint density at radius 3 is 2.38 bits per heavy atom. The number of benzene rings is 3. The molecular weight excluding hydrogens is 636 g/mol. The molecule has 0 saturated carbocycles. The number of anilines is 2. The fourth-order valence-corrected chi connectivity index (χ4v) is 6.92. The van der Waals surface area contributed by atoms with Crippen molar-refractivity contribution in [1.82, 2.24) is 4.90 Å². The number of rotatable bonds is 13. The number of sulfone groups is 1. The van der Waals surface area contributed by atoms with Gasteiger partial charge in [0.05, 0.1) is 36.0 Å². The molecule has 1 heterocycles. The summed E-state index contributed by atoms with van der Waals surface area (Å²) in [6.07, 6.45) is 0.274. The quantitative estimate of drug-likeness (QED) is 0.201. The van der Waals surface area contributed by atoms with E-state index in [2.05, 4.69) is 10.6 Å². The Morgan fingerprint density at radius 1 is 0.979 bits per heavy atom. The van der Waals surface area contributed by atoms with Crippen LogP contribution in [0.2, 0.25) is 0 Å². The fraction of sp³-hybridized carbons (Fsp3) is 0.400. The van der Waals surface area contributed by atoms with Gasteiger partial charge in [-0.15, -0.1) is 0 Å². The average Bonchev–Trinajstić information content (AvgIpc) is 3.54. The second-order valence-electron chi connectivity index (χ2n) is 12.0. The third-order valence-corrected chi connectivity index (χ3v) is 10.2. The third-order valence-electron chi connectivity index (χ3n) is 7.93. The van der Waals surface area contributed by atoms with Gasteiger partial charge in [-0.1, -0.05) is 12.1 Å². The van der Waals surface area contributed by atoms with Crippen LogP contribution in [0.15, 0.2) is 65.6 Å². The molecule has 1 saturated heterocycles. The highest BCUT2D eigenvalue weighted by Crippen LogP contribution is 2.41. The van der Waals surface area contributed by atoms with Gasteiger partial charge in [-0.25, -0.2) is 13.2 Å². The number of carbonyl (C=O) groups excluding carboxylic acids is 3. The number of ether oxygens (including phenoxy) is 3. The maximum Gasteiger partial charge on any atom is 0.411 e. The van der Waals surface area contributed by atoms with Crippen LogP contribution in [0.1, 0.15) is 81.0 Å².